The SMILES string of the molecule is CCN(CC)CN1C(=O)N(CN(CC)CC)C2(CCCCC2)C1=O. The molecule has 0 aromatic heterocycles. The Morgan fingerprint density at radius 1 is 0.833 bits per heavy atom. The van der Waals surface area contributed by atoms with Crippen LogP contribution in [-0.4, -0.2) is 76.6 Å². The van der Waals surface area contributed by atoms with E-state index in [4.69, 9.17) is 0 Å². The molecule has 0 aromatic rings. The standard InChI is InChI=1S/C18H34N4O2/c1-5-19(6-2)14-21-16(23)18(12-10-9-11-13-18)22(17(21)24)15-20(7-3)8-4/h5-15H2,1-4H3. The van der Waals surface area contributed by atoms with Gasteiger partial charge >= 0.3 is 6.03 Å². The summed E-state index contributed by atoms with van der Waals surface area (Å²) in [7, 11) is 0. The maximum atomic E-state index is 13.2. The molecular weight excluding hydrogens is 304 g/mol. The molecule has 1 saturated carbocycles. The van der Waals surface area contributed by atoms with Gasteiger partial charge in [-0.05, 0) is 39.0 Å². The predicted octanol–water partition coefficient (Wildman–Crippen LogP) is 2.55. The summed E-state index contributed by atoms with van der Waals surface area (Å²) in [4.78, 5) is 34.1. The van der Waals surface area contributed by atoms with Crippen molar-refractivity contribution >= 4 is 11.9 Å². The number of hydrogen-bond acceptors (Lipinski definition) is 4. The van der Waals surface area contributed by atoms with Crippen LogP contribution in [0.15, 0.2) is 0 Å². The van der Waals surface area contributed by atoms with Crippen LogP contribution in [0.1, 0.15) is 59.8 Å². The van der Waals surface area contributed by atoms with E-state index in [-0.39, 0.29) is 11.9 Å². The highest BCUT2D eigenvalue weighted by atomic mass is 16.2. The molecule has 1 saturated heterocycles. The number of carbonyl (C=O) groups is 2. The number of rotatable bonds is 8. The fourth-order valence-corrected chi connectivity index (χ4v) is 3.97. The van der Waals surface area contributed by atoms with Crippen LogP contribution >= 0.6 is 0 Å². The van der Waals surface area contributed by atoms with Gasteiger partial charge in [-0.2, -0.15) is 0 Å². The molecule has 138 valence electrons. The monoisotopic (exact) mass is 338 g/mol. The lowest BCUT2D eigenvalue weighted by Gasteiger charge is -2.40. The van der Waals surface area contributed by atoms with E-state index in [9.17, 15) is 9.59 Å². The first-order valence-electron chi connectivity index (χ1n) is 9.62. The maximum absolute atomic E-state index is 13.2. The Bertz CT molecular complexity index is 440. The van der Waals surface area contributed by atoms with Gasteiger partial charge in [-0.15, -0.1) is 0 Å². The Morgan fingerprint density at radius 3 is 1.83 bits per heavy atom. The Hall–Kier alpha value is -1.14. The van der Waals surface area contributed by atoms with Crippen LogP contribution in [0.2, 0.25) is 0 Å². The molecule has 3 amide bonds. The lowest BCUT2D eigenvalue weighted by molar-refractivity contribution is -0.136. The van der Waals surface area contributed by atoms with E-state index in [1.54, 1.807) is 0 Å². The number of urea groups is 1. The van der Waals surface area contributed by atoms with Crippen LogP contribution in [0.4, 0.5) is 4.79 Å². The quantitative estimate of drug-likeness (QED) is 0.638. The summed E-state index contributed by atoms with van der Waals surface area (Å²) < 4.78 is 0. The average molecular weight is 338 g/mol. The summed E-state index contributed by atoms with van der Waals surface area (Å²) in [6, 6.07) is -0.0966. The van der Waals surface area contributed by atoms with Crippen LogP contribution in [0.5, 0.6) is 0 Å². The fraction of sp³-hybridized carbons (Fsp3) is 0.889. The van der Waals surface area contributed by atoms with Gasteiger partial charge < -0.3 is 0 Å². The molecule has 0 bridgehead atoms. The summed E-state index contributed by atoms with van der Waals surface area (Å²) in [5, 5.41) is 0. The second-order valence-corrected chi connectivity index (χ2v) is 6.93. The van der Waals surface area contributed by atoms with Crippen molar-refractivity contribution in [2.45, 2.75) is 65.3 Å². The van der Waals surface area contributed by atoms with E-state index in [0.717, 1.165) is 51.9 Å². The summed E-state index contributed by atoms with van der Waals surface area (Å²) in [5.41, 5.74) is -0.592. The molecule has 0 aromatic carbocycles. The number of carbonyl (C=O) groups excluding carboxylic acids is 2. The molecule has 6 nitrogen and oxygen atoms in total. The van der Waals surface area contributed by atoms with Crippen LogP contribution < -0.4 is 0 Å². The molecule has 1 spiro atoms. The zero-order valence-electron chi connectivity index (χ0n) is 15.9. The van der Waals surface area contributed by atoms with Crippen molar-refractivity contribution in [2.75, 3.05) is 39.5 Å². The van der Waals surface area contributed by atoms with Crippen molar-refractivity contribution in [2.24, 2.45) is 0 Å². The molecule has 0 unspecified atom stereocenters. The Balaban J connectivity index is 2.27. The van der Waals surface area contributed by atoms with E-state index in [0.29, 0.717) is 13.3 Å². The van der Waals surface area contributed by atoms with E-state index in [2.05, 4.69) is 37.5 Å². The molecule has 2 aliphatic rings. The molecule has 0 N–H and O–H groups in total. The van der Waals surface area contributed by atoms with Crippen molar-refractivity contribution in [3.05, 3.63) is 0 Å². The second kappa shape index (κ2) is 8.30. The first kappa shape index (κ1) is 19.2. The molecule has 1 aliphatic carbocycles. The Kier molecular flexibility index (Phi) is 6.63. The van der Waals surface area contributed by atoms with E-state index in [1.807, 2.05) is 4.90 Å². The Labute approximate surface area is 146 Å². The zero-order chi connectivity index (χ0) is 17.7. The molecule has 1 heterocycles. The Morgan fingerprint density at radius 2 is 1.33 bits per heavy atom. The van der Waals surface area contributed by atoms with Gasteiger partial charge in [0.1, 0.15) is 5.54 Å². The third kappa shape index (κ3) is 3.45. The largest absolute Gasteiger partial charge is 0.329 e. The number of hydrogen-bond donors (Lipinski definition) is 0. The topological polar surface area (TPSA) is 47.1 Å². The van der Waals surface area contributed by atoms with Gasteiger partial charge in [-0.3, -0.25) is 19.5 Å². The third-order valence-corrected chi connectivity index (χ3v) is 5.77. The molecule has 2 fully saturated rings. The van der Waals surface area contributed by atoms with Gasteiger partial charge in [0.2, 0.25) is 0 Å². The normalized spacial score (nSPS) is 20.9. The second-order valence-electron chi connectivity index (χ2n) is 6.93. The molecular formula is C18H34N4O2. The zero-order valence-corrected chi connectivity index (χ0v) is 15.9. The molecule has 1 aliphatic heterocycles. The van der Waals surface area contributed by atoms with Crippen LogP contribution in [0.25, 0.3) is 0 Å². The lowest BCUT2D eigenvalue weighted by Crippen LogP contribution is -2.54. The van der Waals surface area contributed by atoms with Gasteiger partial charge in [-0.25, -0.2) is 9.69 Å². The summed E-state index contributed by atoms with van der Waals surface area (Å²) in [5.74, 6) is 0.0336. The summed E-state index contributed by atoms with van der Waals surface area (Å²) in [6.45, 7) is 12.8. The summed E-state index contributed by atoms with van der Waals surface area (Å²) in [6.07, 6.45) is 4.86. The minimum absolute atomic E-state index is 0.0336. The maximum Gasteiger partial charge on any atom is 0.329 e. The van der Waals surface area contributed by atoms with Crippen LogP contribution in [0, 0.1) is 0 Å². The van der Waals surface area contributed by atoms with Crippen molar-refractivity contribution in [1.82, 2.24) is 19.6 Å². The minimum Gasteiger partial charge on any atom is -0.297 e. The molecule has 6 heteroatoms. The third-order valence-electron chi connectivity index (χ3n) is 5.77. The number of imide groups is 1. The van der Waals surface area contributed by atoms with Gasteiger partial charge in [0.05, 0.1) is 13.3 Å². The smallest absolute Gasteiger partial charge is 0.297 e. The van der Waals surface area contributed by atoms with Gasteiger partial charge in [0.25, 0.3) is 5.91 Å². The fourth-order valence-electron chi connectivity index (χ4n) is 3.97. The van der Waals surface area contributed by atoms with Gasteiger partial charge in [-0.1, -0.05) is 47.0 Å². The predicted molar refractivity (Wildman–Crippen MR) is 95.5 cm³/mol. The van der Waals surface area contributed by atoms with Gasteiger partial charge in [0, 0.05) is 0 Å². The van der Waals surface area contributed by atoms with Crippen molar-refractivity contribution in [1.29, 1.82) is 0 Å². The van der Waals surface area contributed by atoms with Crippen molar-refractivity contribution in [3.63, 3.8) is 0 Å². The molecule has 0 radical (unpaired) electrons. The van der Waals surface area contributed by atoms with Crippen molar-refractivity contribution in [3.8, 4) is 0 Å². The van der Waals surface area contributed by atoms with Crippen LogP contribution in [-0.2, 0) is 4.79 Å². The average Bonchev–Trinajstić information content (AvgIpc) is 2.79. The van der Waals surface area contributed by atoms with E-state index >= 15 is 0 Å². The highest BCUT2D eigenvalue weighted by molar-refractivity contribution is 6.07. The van der Waals surface area contributed by atoms with Crippen LogP contribution in [0.3, 0.4) is 0 Å². The first-order valence-corrected chi connectivity index (χ1v) is 9.62. The molecule has 0 atom stereocenters. The molecule has 2 rings (SSSR count). The number of nitrogens with zero attached hydrogens (tertiary/aromatic N) is 4. The number of amides is 3. The minimum atomic E-state index is -0.592. The molecule has 24 heavy (non-hydrogen) atoms. The highest BCUT2D eigenvalue weighted by Crippen LogP contribution is 2.40. The highest BCUT2D eigenvalue weighted by Gasteiger charge is 2.57. The van der Waals surface area contributed by atoms with E-state index < -0.39 is 5.54 Å². The summed E-state index contributed by atoms with van der Waals surface area (Å²) >= 11 is 0. The first-order chi connectivity index (χ1) is 11.5. The van der Waals surface area contributed by atoms with Gasteiger partial charge in [0.15, 0.2) is 0 Å². The lowest BCUT2D eigenvalue weighted by atomic mass is 9.80. The van der Waals surface area contributed by atoms with Crippen molar-refractivity contribution < 1.29 is 9.59 Å². The van der Waals surface area contributed by atoms with E-state index in [1.165, 1.54) is 11.3 Å².